The molecule has 0 atom stereocenters. The molecular weight excluding hydrogens is 367 g/mol. The summed E-state index contributed by atoms with van der Waals surface area (Å²) in [6, 6.07) is 10.6. The molecular formula is C15H23N2O6PS. The molecule has 0 aliphatic rings. The van der Waals surface area contributed by atoms with Gasteiger partial charge < -0.3 is 25.3 Å². The monoisotopic (exact) mass is 390 g/mol. The van der Waals surface area contributed by atoms with Crippen molar-refractivity contribution in [2.75, 3.05) is 20.7 Å². The number of hydrogen-bond acceptors (Lipinski definition) is 6. The largest absolute Gasteiger partial charge is 0.469 e. The van der Waals surface area contributed by atoms with Gasteiger partial charge in [0.25, 0.3) is 0 Å². The standard InChI is InChI=1S/C9H6O2.C5H12NO4PS.CH5N/c10-9-6-5-7-3-1-2-4-8(7)11-9;1-6-5(12)3-2-4-10-11(7,8)9;1-2/h1-6H;2-4H2,1H3,(H,6,12)(H2,7,8,9);2H2,1H3. The van der Waals surface area contributed by atoms with Crippen LogP contribution in [-0.2, 0) is 9.09 Å². The highest BCUT2D eigenvalue weighted by molar-refractivity contribution is 7.80. The number of nitrogens with one attached hydrogen (secondary N) is 1. The lowest BCUT2D eigenvalue weighted by atomic mass is 10.2. The first-order valence-corrected chi connectivity index (χ1v) is 9.23. The van der Waals surface area contributed by atoms with Gasteiger partial charge >= 0.3 is 13.4 Å². The van der Waals surface area contributed by atoms with Crippen molar-refractivity contribution in [3.63, 3.8) is 0 Å². The molecule has 25 heavy (non-hydrogen) atoms. The minimum Gasteiger partial charge on any atom is -0.423 e. The van der Waals surface area contributed by atoms with Crippen LogP contribution in [0.4, 0.5) is 0 Å². The fourth-order valence-electron chi connectivity index (χ4n) is 1.55. The SMILES string of the molecule is CN.CNC(=S)CCCOP(=O)(O)O.O=c1ccc2ccccc2o1. The highest BCUT2D eigenvalue weighted by Crippen LogP contribution is 2.35. The van der Waals surface area contributed by atoms with Crippen molar-refractivity contribution in [2.45, 2.75) is 12.8 Å². The first-order valence-electron chi connectivity index (χ1n) is 7.29. The quantitative estimate of drug-likeness (QED) is 0.261. The van der Waals surface area contributed by atoms with E-state index >= 15 is 0 Å². The van der Waals surface area contributed by atoms with Crippen molar-refractivity contribution in [2.24, 2.45) is 5.73 Å². The molecule has 0 amide bonds. The van der Waals surface area contributed by atoms with Crippen LogP contribution in [0, 0.1) is 0 Å². The molecule has 1 aromatic heterocycles. The third kappa shape index (κ3) is 11.5. The van der Waals surface area contributed by atoms with Gasteiger partial charge in [-0.2, -0.15) is 0 Å². The van der Waals surface area contributed by atoms with E-state index in [0.29, 0.717) is 23.4 Å². The summed E-state index contributed by atoms with van der Waals surface area (Å²) in [5.41, 5.74) is 4.84. The average molecular weight is 390 g/mol. The Bertz CT molecular complexity index is 746. The molecule has 10 heteroatoms. The third-order valence-electron chi connectivity index (χ3n) is 2.62. The smallest absolute Gasteiger partial charge is 0.423 e. The number of thiocarbonyl (C=S) groups is 1. The maximum Gasteiger partial charge on any atom is 0.469 e. The number of rotatable bonds is 5. The Balaban J connectivity index is 0.000000419. The molecule has 0 fully saturated rings. The van der Waals surface area contributed by atoms with Crippen LogP contribution in [0.5, 0.6) is 0 Å². The lowest BCUT2D eigenvalue weighted by molar-refractivity contribution is 0.196. The van der Waals surface area contributed by atoms with Crippen molar-refractivity contribution in [1.29, 1.82) is 0 Å². The van der Waals surface area contributed by atoms with Crippen LogP contribution in [-0.4, -0.2) is 35.5 Å². The van der Waals surface area contributed by atoms with E-state index in [0.717, 1.165) is 5.39 Å². The third-order valence-corrected chi connectivity index (χ3v) is 3.54. The summed E-state index contributed by atoms with van der Waals surface area (Å²) in [5.74, 6) is 0. The van der Waals surface area contributed by atoms with Crippen molar-refractivity contribution in [3.8, 4) is 0 Å². The van der Waals surface area contributed by atoms with E-state index in [1.54, 1.807) is 19.2 Å². The number of phosphoric acid groups is 1. The molecule has 0 saturated heterocycles. The molecule has 5 N–H and O–H groups in total. The summed E-state index contributed by atoms with van der Waals surface area (Å²) in [6.07, 6.45) is 1.08. The van der Waals surface area contributed by atoms with Gasteiger partial charge in [0.15, 0.2) is 0 Å². The van der Waals surface area contributed by atoms with Crippen LogP contribution in [0.15, 0.2) is 45.6 Å². The highest BCUT2D eigenvalue weighted by Gasteiger charge is 2.12. The van der Waals surface area contributed by atoms with Crippen LogP contribution < -0.4 is 16.7 Å². The van der Waals surface area contributed by atoms with E-state index in [2.05, 4.69) is 15.6 Å². The first-order chi connectivity index (χ1) is 11.8. The molecule has 2 rings (SSSR count). The number of fused-ring (bicyclic) bond motifs is 1. The minimum absolute atomic E-state index is 0.0199. The molecule has 140 valence electrons. The van der Waals surface area contributed by atoms with Gasteiger partial charge in [-0.25, -0.2) is 9.36 Å². The Morgan fingerprint density at radius 1 is 1.28 bits per heavy atom. The lowest BCUT2D eigenvalue weighted by Gasteiger charge is -2.05. The van der Waals surface area contributed by atoms with Crippen molar-refractivity contribution >= 4 is 36.0 Å². The number of benzene rings is 1. The summed E-state index contributed by atoms with van der Waals surface area (Å²) in [4.78, 5) is 27.9. The Hall–Kier alpha value is -1.61. The van der Waals surface area contributed by atoms with Crippen LogP contribution in [0.2, 0.25) is 0 Å². The summed E-state index contributed by atoms with van der Waals surface area (Å²) < 4.78 is 19.3. The number of para-hydroxylation sites is 1. The van der Waals surface area contributed by atoms with E-state index in [-0.39, 0.29) is 12.2 Å². The second kappa shape index (κ2) is 12.7. The molecule has 0 unspecified atom stereocenters. The lowest BCUT2D eigenvalue weighted by Crippen LogP contribution is -2.15. The fraction of sp³-hybridized carbons (Fsp3) is 0.333. The van der Waals surface area contributed by atoms with Crippen molar-refractivity contribution in [3.05, 3.63) is 46.8 Å². The number of nitrogens with two attached hydrogens (primary N) is 1. The van der Waals surface area contributed by atoms with Gasteiger partial charge in [0.2, 0.25) is 0 Å². The molecule has 0 aliphatic carbocycles. The van der Waals surface area contributed by atoms with Crippen molar-refractivity contribution < 1.29 is 23.3 Å². The van der Waals surface area contributed by atoms with Gasteiger partial charge in [-0.15, -0.1) is 0 Å². The van der Waals surface area contributed by atoms with Gasteiger partial charge in [-0.05, 0) is 32.0 Å². The topological polar surface area (TPSA) is 135 Å². The van der Waals surface area contributed by atoms with Gasteiger partial charge in [0, 0.05) is 18.5 Å². The van der Waals surface area contributed by atoms with E-state index in [1.807, 2.05) is 18.2 Å². The summed E-state index contributed by atoms with van der Waals surface area (Å²) in [5, 5.41) is 3.70. The first kappa shape index (κ1) is 23.4. The average Bonchev–Trinajstić information content (AvgIpc) is 2.60. The van der Waals surface area contributed by atoms with E-state index in [1.165, 1.54) is 13.1 Å². The Kier molecular flexibility index (Phi) is 11.9. The molecule has 0 radical (unpaired) electrons. The molecule has 2 aromatic rings. The van der Waals surface area contributed by atoms with E-state index < -0.39 is 7.82 Å². The van der Waals surface area contributed by atoms with E-state index in [9.17, 15) is 9.36 Å². The zero-order valence-corrected chi connectivity index (χ0v) is 15.8. The number of phosphoric ester groups is 1. The molecule has 0 bridgehead atoms. The molecule has 0 spiro atoms. The molecule has 0 saturated carbocycles. The second-order valence-corrected chi connectivity index (χ2v) is 6.12. The second-order valence-electron chi connectivity index (χ2n) is 4.39. The highest BCUT2D eigenvalue weighted by atomic mass is 32.1. The predicted molar refractivity (Wildman–Crippen MR) is 101 cm³/mol. The van der Waals surface area contributed by atoms with Crippen LogP contribution >= 0.6 is 20.0 Å². The van der Waals surface area contributed by atoms with Gasteiger partial charge in [-0.1, -0.05) is 30.4 Å². The Labute approximate surface area is 151 Å². The van der Waals surface area contributed by atoms with Gasteiger partial charge in [0.1, 0.15) is 5.58 Å². The summed E-state index contributed by atoms with van der Waals surface area (Å²) in [6.45, 7) is 0.0199. The van der Waals surface area contributed by atoms with Crippen LogP contribution in [0.3, 0.4) is 0 Å². The number of hydrogen-bond donors (Lipinski definition) is 4. The zero-order chi connectivity index (χ0) is 19.3. The summed E-state index contributed by atoms with van der Waals surface area (Å²) in [7, 11) is -1.10. The Morgan fingerprint density at radius 3 is 2.52 bits per heavy atom. The Morgan fingerprint density at radius 2 is 1.92 bits per heavy atom. The van der Waals surface area contributed by atoms with Crippen molar-refractivity contribution in [1.82, 2.24) is 5.32 Å². The van der Waals surface area contributed by atoms with Gasteiger partial charge in [0.05, 0.1) is 11.6 Å². The maximum absolute atomic E-state index is 10.7. The van der Waals surface area contributed by atoms with Crippen LogP contribution in [0.25, 0.3) is 11.0 Å². The molecule has 1 aromatic carbocycles. The fourth-order valence-corrected chi connectivity index (χ4v) is 2.06. The van der Waals surface area contributed by atoms with Crippen LogP contribution in [0.1, 0.15) is 12.8 Å². The minimum atomic E-state index is -4.30. The zero-order valence-electron chi connectivity index (χ0n) is 14.0. The van der Waals surface area contributed by atoms with Gasteiger partial charge in [-0.3, -0.25) is 4.52 Å². The summed E-state index contributed by atoms with van der Waals surface area (Å²) >= 11 is 4.80. The normalized spacial score (nSPS) is 10.1. The predicted octanol–water partition coefficient (Wildman–Crippen LogP) is 1.79. The molecule has 1 heterocycles. The molecule has 0 aliphatic heterocycles. The maximum atomic E-state index is 10.7. The molecule has 8 nitrogen and oxygen atoms in total. The van der Waals surface area contributed by atoms with E-state index in [4.69, 9.17) is 26.4 Å².